The van der Waals surface area contributed by atoms with Gasteiger partial charge in [-0.25, -0.2) is 5.14 Å². The third kappa shape index (κ3) is 6.02. The lowest BCUT2D eigenvalue weighted by molar-refractivity contribution is -0.143. The molecule has 0 saturated heterocycles. The number of fused-ring (bicyclic) bond motifs is 5. The van der Waals surface area contributed by atoms with Crippen molar-refractivity contribution in [1.29, 1.82) is 0 Å². The summed E-state index contributed by atoms with van der Waals surface area (Å²) in [5, 5.41) is 18.8. The third-order valence-electron chi connectivity index (χ3n) is 9.47. The predicted molar refractivity (Wildman–Crippen MR) is 133 cm³/mol. The molecule has 0 aromatic heterocycles. The van der Waals surface area contributed by atoms with Crippen LogP contribution < -0.4 is 16.2 Å². The van der Waals surface area contributed by atoms with Crippen molar-refractivity contribution in [2.24, 2.45) is 40.5 Å². The molecular formula is C25H44N4O5S. The second-order valence-corrected chi connectivity index (χ2v) is 13.0. The van der Waals surface area contributed by atoms with E-state index in [1.54, 1.807) is 0 Å². The zero-order valence-corrected chi connectivity index (χ0v) is 21.6. The number of hydrogen-bond donors (Lipinski definition) is 4. The Morgan fingerprint density at radius 2 is 1.66 bits per heavy atom. The molecule has 5 unspecified atom stereocenters. The van der Waals surface area contributed by atoms with Crippen molar-refractivity contribution in [1.82, 2.24) is 9.62 Å². The van der Waals surface area contributed by atoms with Crippen molar-refractivity contribution < 1.29 is 23.1 Å². The molecule has 0 radical (unpaired) electrons. The third-order valence-corrected chi connectivity index (χ3v) is 10.6. The maximum absolute atomic E-state index is 13.8. The molecule has 0 spiro atoms. The Hall–Kier alpha value is -1.23. The summed E-state index contributed by atoms with van der Waals surface area (Å²) in [7, 11) is -4.44. The average molecular weight is 513 g/mol. The van der Waals surface area contributed by atoms with Gasteiger partial charge < -0.3 is 16.2 Å². The smallest absolute Gasteiger partial charge is 0.322 e. The molecule has 0 aromatic carbocycles. The number of nitrogens with two attached hydrogens (primary N) is 2. The molecule has 0 aromatic rings. The molecular weight excluding hydrogens is 468 g/mol. The summed E-state index contributed by atoms with van der Waals surface area (Å²) in [6.07, 6.45) is 12.3. The Labute approximate surface area is 209 Å². The van der Waals surface area contributed by atoms with Crippen LogP contribution in [-0.4, -0.2) is 54.4 Å². The first kappa shape index (κ1) is 26.8. The summed E-state index contributed by atoms with van der Waals surface area (Å²) in [5.41, 5.74) is 5.57. The van der Waals surface area contributed by atoms with E-state index in [1.807, 2.05) is 0 Å². The van der Waals surface area contributed by atoms with Gasteiger partial charge in [-0.15, -0.1) is 0 Å². The number of nitrogens with one attached hydrogen (secondary N) is 1. The summed E-state index contributed by atoms with van der Waals surface area (Å²) < 4.78 is 26.5. The topological polar surface area (TPSA) is 156 Å². The van der Waals surface area contributed by atoms with Gasteiger partial charge >= 0.3 is 5.97 Å². The van der Waals surface area contributed by atoms with Gasteiger partial charge in [-0.05, 0) is 87.5 Å². The monoisotopic (exact) mass is 512 g/mol. The first-order valence-electron chi connectivity index (χ1n) is 13.7. The lowest BCUT2D eigenvalue weighted by Crippen LogP contribution is -2.60. The fraction of sp³-hybridized carbons (Fsp3) is 0.920. The van der Waals surface area contributed by atoms with Crippen LogP contribution in [0.4, 0.5) is 0 Å². The second kappa shape index (κ2) is 11.4. The standard InChI is InChI=1S/C25H44N4O5S/c26-12-5-4-11-22(25(31)32)29(35(27,33)34)23(13-16-7-2-1-3-8-16)24(30)28-21-15-17-14-20(21)19-10-6-9-18(17)19/h16-23H,1-15,26H2,(H,28,30)(H,31,32)(H2,27,33,34)/t17?,18?,19?,20?,21?,22-,23-/m0/s1. The molecule has 10 heteroatoms. The SMILES string of the molecule is NCCCC[C@@H](C(=O)O)N([C@@H](CC1CCCCC1)C(=O)NC1CC2CC1C1CCCC21)S(N)(=O)=O. The highest BCUT2D eigenvalue weighted by Gasteiger charge is 2.54. The molecule has 0 heterocycles. The second-order valence-electron chi connectivity index (χ2n) is 11.5. The van der Waals surface area contributed by atoms with Crippen LogP contribution in [-0.2, 0) is 19.8 Å². The number of amides is 1. The van der Waals surface area contributed by atoms with Crippen LogP contribution in [0.1, 0.15) is 89.9 Å². The molecule has 4 saturated carbocycles. The van der Waals surface area contributed by atoms with Gasteiger partial charge in [0.2, 0.25) is 5.91 Å². The number of carboxylic acids is 1. The minimum absolute atomic E-state index is 0.0450. The number of carbonyl (C=O) groups is 2. The van der Waals surface area contributed by atoms with Gasteiger partial charge in [0.15, 0.2) is 0 Å². The summed E-state index contributed by atoms with van der Waals surface area (Å²) in [6, 6.07) is -2.44. The van der Waals surface area contributed by atoms with Gasteiger partial charge in [0.05, 0.1) is 0 Å². The van der Waals surface area contributed by atoms with Gasteiger partial charge in [-0.3, -0.25) is 9.59 Å². The van der Waals surface area contributed by atoms with E-state index in [-0.39, 0.29) is 24.3 Å². The fourth-order valence-corrected chi connectivity index (χ4v) is 9.08. The Balaban J connectivity index is 1.56. The number of aliphatic carboxylic acids is 1. The van der Waals surface area contributed by atoms with Crippen molar-refractivity contribution >= 4 is 22.1 Å². The molecule has 4 fully saturated rings. The number of carbonyl (C=O) groups excluding carboxylic acids is 1. The van der Waals surface area contributed by atoms with Gasteiger partial charge in [0, 0.05) is 6.04 Å². The van der Waals surface area contributed by atoms with Crippen LogP contribution in [0.2, 0.25) is 0 Å². The molecule has 4 aliphatic carbocycles. The number of rotatable bonds is 12. The molecule has 6 N–H and O–H groups in total. The van der Waals surface area contributed by atoms with Gasteiger partial charge in [0.25, 0.3) is 10.2 Å². The first-order chi connectivity index (χ1) is 16.7. The molecule has 1 amide bonds. The van der Waals surface area contributed by atoms with Crippen LogP contribution in [0.5, 0.6) is 0 Å². The first-order valence-corrected chi connectivity index (χ1v) is 15.3. The zero-order valence-electron chi connectivity index (χ0n) is 20.8. The van der Waals surface area contributed by atoms with E-state index < -0.39 is 28.3 Å². The molecule has 4 rings (SSSR count). The van der Waals surface area contributed by atoms with Crippen LogP contribution in [0, 0.1) is 29.6 Å². The van der Waals surface area contributed by atoms with E-state index in [4.69, 9.17) is 10.9 Å². The van der Waals surface area contributed by atoms with Crippen LogP contribution in [0.25, 0.3) is 0 Å². The van der Waals surface area contributed by atoms with Crippen LogP contribution in [0.3, 0.4) is 0 Å². The molecule has 2 bridgehead atoms. The van der Waals surface area contributed by atoms with Crippen LogP contribution >= 0.6 is 0 Å². The lowest BCUT2D eigenvalue weighted by Gasteiger charge is -2.38. The Morgan fingerprint density at radius 3 is 2.31 bits per heavy atom. The highest BCUT2D eigenvalue weighted by atomic mass is 32.2. The minimum Gasteiger partial charge on any atom is -0.480 e. The zero-order chi connectivity index (χ0) is 25.2. The number of carboxylic acid groups (broad SMARTS) is 1. The molecule has 4 aliphatic rings. The molecule has 7 atom stereocenters. The van der Waals surface area contributed by atoms with Crippen molar-refractivity contribution in [2.45, 2.75) is 108 Å². The number of hydrogen-bond acceptors (Lipinski definition) is 5. The summed E-state index contributed by atoms with van der Waals surface area (Å²) in [5.74, 6) is 1.08. The maximum atomic E-state index is 13.8. The molecule has 35 heavy (non-hydrogen) atoms. The number of unbranched alkanes of at least 4 members (excludes halogenated alkanes) is 1. The lowest BCUT2D eigenvalue weighted by atomic mass is 9.79. The largest absolute Gasteiger partial charge is 0.480 e. The van der Waals surface area contributed by atoms with Gasteiger partial charge in [-0.1, -0.05) is 38.5 Å². The molecule has 200 valence electrons. The Morgan fingerprint density at radius 1 is 0.943 bits per heavy atom. The van der Waals surface area contributed by atoms with Crippen molar-refractivity contribution in [3.05, 3.63) is 0 Å². The van der Waals surface area contributed by atoms with Gasteiger partial charge in [-0.2, -0.15) is 12.7 Å². The normalized spacial score (nSPS) is 32.5. The number of nitrogens with zero attached hydrogens (tertiary/aromatic N) is 1. The predicted octanol–water partition coefficient (Wildman–Crippen LogP) is 2.35. The summed E-state index contributed by atoms with van der Waals surface area (Å²) in [6.45, 7) is 0.389. The van der Waals surface area contributed by atoms with E-state index in [0.29, 0.717) is 43.6 Å². The van der Waals surface area contributed by atoms with E-state index in [9.17, 15) is 23.1 Å². The fourth-order valence-electron chi connectivity index (χ4n) is 7.99. The van der Waals surface area contributed by atoms with E-state index in [0.717, 1.165) is 55.2 Å². The summed E-state index contributed by atoms with van der Waals surface area (Å²) >= 11 is 0. The average Bonchev–Trinajstić information content (AvgIpc) is 3.51. The Bertz CT molecular complexity index is 862. The maximum Gasteiger partial charge on any atom is 0.322 e. The molecule has 0 aliphatic heterocycles. The van der Waals surface area contributed by atoms with Crippen molar-refractivity contribution in [3.8, 4) is 0 Å². The quantitative estimate of drug-likeness (QED) is 0.294. The minimum atomic E-state index is -4.44. The van der Waals surface area contributed by atoms with Crippen molar-refractivity contribution in [3.63, 3.8) is 0 Å². The summed E-state index contributed by atoms with van der Waals surface area (Å²) in [4.78, 5) is 26.1. The van der Waals surface area contributed by atoms with Crippen molar-refractivity contribution in [2.75, 3.05) is 6.54 Å². The van der Waals surface area contributed by atoms with E-state index in [2.05, 4.69) is 5.32 Å². The Kier molecular flexibility index (Phi) is 8.77. The van der Waals surface area contributed by atoms with E-state index in [1.165, 1.54) is 19.3 Å². The van der Waals surface area contributed by atoms with Gasteiger partial charge in [0.1, 0.15) is 12.1 Å². The highest BCUT2D eigenvalue weighted by molar-refractivity contribution is 7.86. The molecule has 9 nitrogen and oxygen atoms in total. The highest BCUT2D eigenvalue weighted by Crippen LogP contribution is 2.58. The van der Waals surface area contributed by atoms with E-state index >= 15 is 0 Å². The van der Waals surface area contributed by atoms with Crippen LogP contribution in [0.15, 0.2) is 0 Å².